The third kappa shape index (κ3) is 4.73. The number of ether oxygens (including phenoxy) is 2. The maximum Gasteiger partial charge on any atom is 0.230 e. The number of hydrogen-bond donors (Lipinski definition) is 1. The fourth-order valence-electron chi connectivity index (χ4n) is 4.15. The van der Waals surface area contributed by atoms with E-state index in [-0.39, 0.29) is 18.2 Å². The Balaban J connectivity index is 1.71. The molecule has 1 N–H and O–H groups in total. The molecule has 1 aliphatic rings. The predicted octanol–water partition coefficient (Wildman–Crippen LogP) is 5.51. The summed E-state index contributed by atoms with van der Waals surface area (Å²) in [6, 6.07) is 20.1. The Morgan fingerprint density at radius 3 is 2.15 bits per heavy atom. The van der Waals surface area contributed by atoms with Gasteiger partial charge in [0.2, 0.25) is 11.8 Å². The van der Waals surface area contributed by atoms with Crippen LogP contribution in [0.15, 0.2) is 71.2 Å². The molecule has 33 heavy (non-hydrogen) atoms. The largest absolute Gasteiger partial charge is 0.497 e. The van der Waals surface area contributed by atoms with E-state index in [0.29, 0.717) is 22.9 Å². The topological polar surface area (TPSA) is 67.9 Å². The fourth-order valence-corrected chi connectivity index (χ4v) is 4.74. The first-order valence-electron chi connectivity index (χ1n) is 10.6. The van der Waals surface area contributed by atoms with Crippen LogP contribution in [0.3, 0.4) is 0 Å². The lowest BCUT2D eigenvalue weighted by atomic mass is 9.92. The predicted molar refractivity (Wildman–Crippen MR) is 132 cm³/mol. The summed E-state index contributed by atoms with van der Waals surface area (Å²) in [5.41, 5.74) is 3.33. The SMILES string of the molecule is COc1ccc([C@H]2[C@H](C(=O)Nc3ccc(C)cc3Br)CC(=O)N2c2ccc(OC)cc2)cc1. The molecule has 0 aliphatic carbocycles. The van der Waals surface area contributed by atoms with Gasteiger partial charge in [0.25, 0.3) is 0 Å². The van der Waals surface area contributed by atoms with E-state index in [1.54, 1.807) is 19.1 Å². The molecule has 1 heterocycles. The van der Waals surface area contributed by atoms with E-state index in [9.17, 15) is 9.59 Å². The number of carbonyl (C=O) groups excluding carboxylic acids is 2. The Bertz CT molecular complexity index is 1160. The number of amides is 2. The quantitative estimate of drug-likeness (QED) is 0.476. The van der Waals surface area contributed by atoms with E-state index in [2.05, 4.69) is 21.2 Å². The van der Waals surface area contributed by atoms with Crippen molar-refractivity contribution < 1.29 is 19.1 Å². The Kier molecular flexibility index (Phi) is 6.70. The second kappa shape index (κ2) is 9.67. The van der Waals surface area contributed by atoms with Gasteiger partial charge in [-0.25, -0.2) is 0 Å². The van der Waals surface area contributed by atoms with Crippen molar-refractivity contribution in [3.05, 3.63) is 82.3 Å². The number of aryl methyl sites for hydroxylation is 1. The van der Waals surface area contributed by atoms with Crippen LogP contribution in [0, 0.1) is 12.8 Å². The zero-order chi connectivity index (χ0) is 23.5. The average molecular weight is 509 g/mol. The van der Waals surface area contributed by atoms with Gasteiger partial charge in [-0.15, -0.1) is 0 Å². The highest BCUT2D eigenvalue weighted by molar-refractivity contribution is 9.10. The number of hydrogen-bond acceptors (Lipinski definition) is 4. The molecule has 3 aromatic rings. The lowest BCUT2D eigenvalue weighted by Crippen LogP contribution is -2.32. The molecule has 0 bridgehead atoms. The van der Waals surface area contributed by atoms with Crippen LogP contribution < -0.4 is 19.7 Å². The lowest BCUT2D eigenvalue weighted by Gasteiger charge is -2.28. The first-order valence-corrected chi connectivity index (χ1v) is 11.4. The standard InChI is InChI=1S/C26H25BrN2O4/c1-16-4-13-23(22(27)14-16)28-26(31)21-15-24(30)29(18-7-11-20(33-3)12-8-18)25(21)17-5-9-19(32-2)10-6-17/h4-14,21,25H,15H2,1-3H3,(H,28,31)/t21-,25+/m1/s1. The highest BCUT2D eigenvalue weighted by Crippen LogP contribution is 2.43. The van der Waals surface area contributed by atoms with Crippen molar-refractivity contribution in [2.24, 2.45) is 5.92 Å². The van der Waals surface area contributed by atoms with E-state index >= 15 is 0 Å². The van der Waals surface area contributed by atoms with Crippen LogP contribution in [-0.2, 0) is 9.59 Å². The Morgan fingerprint density at radius 2 is 1.58 bits per heavy atom. The third-order valence-electron chi connectivity index (χ3n) is 5.85. The van der Waals surface area contributed by atoms with Crippen LogP contribution in [-0.4, -0.2) is 26.0 Å². The van der Waals surface area contributed by atoms with Gasteiger partial charge in [0.15, 0.2) is 0 Å². The highest BCUT2D eigenvalue weighted by Gasteiger charge is 2.45. The molecule has 0 unspecified atom stereocenters. The van der Waals surface area contributed by atoms with Crippen LogP contribution >= 0.6 is 15.9 Å². The number of nitrogens with one attached hydrogen (secondary N) is 1. The smallest absolute Gasteiger partial charge is 0.230 e. The molecule has 2 amide bonds. The number of methoxy groups -OCH3 is 2. The second-order valence-corrected chi connectivity index (χ2v) is 8.82. The van der Waals surface area contributed by atoms with Crippen molar-refractivity contribution in [3.8, 4) is 11.5 Å². The molecule has 1 fully saturated rings. The first-order chi connectivity index (χ1) is 15.9. The molecular formula is C26H25BrN2O4. The molecule has 0 aromatic heterocycles. The Hall–Kier alpha value is -3.32. The van der Waals surface area contributed by atoms with Gasteiger partial charge in [0.05, 0.1) is 31.9 Å². The molecule has 1 aliphatic heterocycles. The summed E-state index contributed by atoms with van der Waals surface area (Å²) < 4.78 is 11.3. The van der Waals surface area contributed by atoms with Crippen molar-refractivity contribution in [3.63, 3.8) is 0 Å². The van der Waals surface area contributed by atoms with Gasteiger partial charge >= 0.3 is 0 Å². The van der Waals surface area contributed by atoms with Crippen LogP contribution in [0.5, 0.6) is 11.5 Å². The summed E-state index contributed by atoms with van der Waals surface area (Å²) in [6.07, 6.45) is 0.109. The molecule has 170 valence electrons. The van der Waals surface area contributed by atoms with Crippen LogP contribution in [0.1, 0.15) is 23.6 Å². The maximum atomic E-state index is 13.4. The molecule has 0 spiro atoms. The Morgan fingerprint density at radius 1 is 0.970 bits per heavy atom. The van der Waals surface area contributed by atoms with E-state index in [0.717, 1.165) is 15.6 Å². The molecule has 0 saturated carbocycles. The number of benzene rings is 3. The highest BCUT2D eigenvalue weighted by atomic mass is 79.9. The fraction of sp³-hybridized carbons (Fsp3) is 0.231. The van der Waals surface area contributed by atoms with Crippen LogP contribution in [0.25, 0.3) is 0 Å². The van der Waals surface area contributed by atoms with Crippen LogP contribution in [0.2, 0.25) is 0 Å². The molecule has 0 radical (unpaired) electrons. The van der Waals surface area contributed by atoms with Crippen molar-refractivity contribution in [2.45, 2.75) is 19.4 Å². The summed E-state index contributed by atoms with van der Waals surface area (Å²) in [5.74, 6) is 0.531. The molecule has 7 heteroatoms. The average Bonchev–Trinajstić information content (AvgIpc) is 3.18. The van der Waals surface area contributed by atoms with Gasteiger partial charge in [-0.2, -0.15) is 0 Å². The third-order valence-corrected chi connectivity index (χ3v) is 6.51. The van der Waals surface area contributed by atoms with Gasteiger partial charge in [0.1, 0.15) is 11.5 Å². The van der Waals surface area contributed by atoms with E-state index in [1.807, 2.05) is 73.7 Å². The zero-order valence-corrected chi connectivity index (χ0v) is 20.3. The minimum Gasteiger partial charge on any atom is -0.497 e. The monoisotopic (exact) mass is 508 g/mol. The summed E-state index contributed by atoms with van der Waals surface area (Å²) in [5, 5.41) is 3.00. The maximum absolute atomic E-state index is 13.4. The summed E-state index contributed by atoms with van der Waals surface area (Å²) in [4.78, 5) is 28.3. The van der Waals surface area contributed by atoms with E-state index in [1.165, 1.54) is 0 Å². The van der Waals surface area contributed by atoms with Crippen molar-refractivity contribution >= 4 is 39.1 Å². The molecule has 3 aromatic carbocycles. The number of nitrogens with zero attached hydrogens (tertiary/aromatic N) is 1. The van der Waals surface area contributed by atoms with Crippen LogP contribution in [0.4, 0.5) is 11.4 Å². The number of halogens is 1. The van der Waals surface area contributed by atoms with Gasteiger partial charge in [-0.3, -0.25) is 9.59 Å². The lowest BCUT2D eigenvalue weighted by molar-refractivity contribution is -0.122. The number of rotatable bonds is 6. The molecular weight excluding hydrogens is 484 g/mol. The minimum atomic E-state index is -0.568. The van der Waals surface area contributed by atoms with Gasteiger partial charge in [-0.05, 0) is 82.5 Å². The van der Waals surface area contributed by atoms with Gasteiger partial charge < -0.3 is 19.7 Å². The molecule has 6 nitrogen and oxygen atoms in total. The number of carbonyl (C=O) groups is 2. The van der Waals surface area contributed by atoms with Crippen molar-refractivity contribution in [2.75, 3.05) is 24.4 Å². The normalized spacial score (nSPS) is 17.7. The van der Waals surface area contributed by atoms with Gasteiger partial charge in [0, 0.05) is 16.6 Å². The van der Waals surface area contributed by atoms with E-state index in [4.69, 9.17) is 9.47 Å². The van der Waals surface area contributed by atoms with E-state index < -0.39 is 12.0 Å². The zero-order valence-electron chi connectivity index (χ0n) is 18.7. The van der Waals surface area contributed by atoms with Crippen molar-refractivity contribution in [1.82, 2.24) is 0 Å². The summed E-state index contributed by atoms with van der Waals surface area (Å²) in [7, 11) is 3.20. The molecule has 4 rings (SSSR count). The number of anilines is 2. The molecule has 2 atom stereocenters. The van der Waals surface area contributed by atoms with Gasteiger partial charge in [-0.1, -0.05) is 18.2 Å². The second-order valence-electron chi connectivity index (χ2n) is 7.96. The first kappa shape index (κ1) is 22.9. The van der Waals surface area contributed by atoms with Crippen molar-refractivity contribution in [1.29, 1.82) is 0 Å². The molecule has 1 saturated heterocycles. The Labute approximate surface area is 201 Å². The summed E-state index contributed by atoms with van der Waals surface area (Å²) in [6.45, 7) is 1.98. The summed E-state index contributed by atoms with van der Waals surface area (Å²) >= 11 is 3.52. The minimum absolute atomic E-state index is 0.107.